The van der Waals surface area contributed by atoms with E-state index in [9.17, 15) is 0 Å². The van der Waals surface area contributed by atoms with Crippen molar-refractivity contribution in [3.8, 4) is 5.75 Å². The van der Waals surface area contributed by atoms with Crippen molar-refractivity contribution in [3.05, 3.63) is 29.8 Å². The summed E-state index contributed by atoms with van der Waals surface area (Å²) in [5.41, 5.74) is 7.25. The molecule has 0 aliphatic heterocycles. The third kappa shape index (κ3) is 4.20. The Labute approximate surface area is 121 Å². The van der Waals surface area contributed by atoms with Crippen LogP contribution in [-0.4, -0.2) is 33.0 Å². The van der Waals surface area contributed by atoms with Crippen molar-refractivity contribution in [1.82, 2.24) is 0 Å². The van der Waals surface area contributed by atoms with Gasteiger partial charge in [0, 0.05) is 7.11 Å². The molecule has 0 bridgehead atoms. The van der Waals surface area contributed by atoms with E-state index in [4.69, 9.17) is 19.9 Å². The van der Waals surface area contributed by atoms with Crippen LogP contribution in [0, 0.1) is 0 Å². The minimum atomic E-state index is -0.0937. The van der Waals surface area contributed by atoms with E-state index in [1.165, 1.54) is 6.42 Å². The molecule has 1 aromatic rings. The van der Waals surface area contributed by atoms with Gasteiger partial charge in [-0.1, -0.05) is 12.1 Å². The molecule has 0 spiro atoms. The van der Waals surface area contributed by atoms with Gasteiger partial charge >= 0.3 is 0 Å². The molecule has 112 valence electrons. The Bertz CT molecular complexity index is 393. The molecule has 1 fully saturated rings. The van der Waals surface area contributed by atoms with Crippen LogP contribution in [0.4, 0.5) is 0 Å². The zero-order valence-electron chi connectivity index (χ0n) is 12.4. The van der Waals surface area contributed by atoms with Crippen LogP contribution in [0.1, 0.15) is 37.3 Å². The van der Waals surface area contributed by atoms with E-state index >= 15 is 0 Å². The van der Waals surface area contributed by atoms with Crippen molar-refractivity contribution in [2.24, 2.45) is 5.73 Å². The second-order valence-corrected chi connectivity index (χ2v) is 5.36. The number of hydrogen-bond donors (Lipinski definition) is 1. The maximum atomic E-state index is 6.17. The van der Waals surface area contributed by atoms with E-state index in [-0.39, 0.29) is 12.1 Å². The molecular weight excluding hydrogens is 254 g/mol. The Morgan fingerprint density at radius 1 is 1.15 bits per heavy atom. The van der Waals surface area contributed by atoms with E-state index in [2.05, 4.69) is 0 Å². The molecule has 1 aliphatic rings. The first kappa shape index (κ1) is 15.3. The summed E-state index contributed by atoms with van der Waals surface area (Å²) >= 11 is 0. The largest absolute Gasteiger partial charge is 0.497 e. The van der Waals surface area contributed by atoms with Crippen LogP contribution in [-0.2, 0) is 9.47 Å². The minimum Gasteiger partial charge on any atom is -0.497 e. The van der Waals surface area contributed by atoms with Gasteiger partial charge in [-0.15, -0.1) is 0 Å². The van der Waals surface area contributed by atoms with Gasteiger partial charge in [-0.2, -0.15) is 0 Å². The van der Waals surface area contributed by atoms with E-state index in [1.54, 1.807) is 14.2 Å². The fraction of sp³-hybridized carbons (Fsp3) is 0.625. The van der Waals surface area contributed by atoms with Crippen molar-refractivity contribution in [2.45, 2.75) is 43.9 Å². The van der Waals surface area contributed by atoms with Crippen molar-refractivity contribution in [3.63, 3.8) is 0 Å². The third-order valence-electron chi connectivity index (χ3n) is 3.97. The molecule has 2 N–H and O–H groups in total. The van der Waals surface area contributed by atoms with Crippen LogP contribution in [0.5, 0.6) is 5.75 Å². The summed E-state index contributed by atoms with van der Waals surface area (Å²) in [4.78, 5) is 0. The van der Waals surface area contributed by atoms with Gasteiger partial charge in [-0.05, 0) is 43.4 Å². The first-order valence-corrected chi connectivity index (χ1v) is 7.27. The van der Waals surface area contributed by atoms with Crippen LogP contribution in [0.3, 0.4) is 0 Å². The molecule has 3 unspecified atom stereocenters. The number of nitrogens with two attached hydrogens (primary N) is 1. The lowest BCUT2D eigenvalue weighted by Gasteiger charge is -2.29. The highest BCUT2D eigenvalue weighted by Gasteiger charge is 2.22. The van der Waals surface area contributed by atoms with Crippen molar-refractivity contribution < 1.29 is 14.2 Å². The second-order valence-electron chi connectivity index (χ2n) is 5.36. The third-order valence-corrected chi connectivity index (χ3v) is 3.97. The Morgan fingerprint density at radius 3 is 2.50 bits per heavy atom. The highest BCUT2D eigenvalue weighted by Crippen LogP contribution is 2.24. The number of hydrogen-bond acceptors (Lipinski definition) is 4. The van der Waals surface area contributed by atoms with Crippen molar-refractivity contribution in [1.29, 1.82) is 0 Å². The second kappa shape index (κ2) is 7.62. The molecule has 0 radical (unpaired) electrons. The van der Waals surface area contributed by atoms with Crippen LogP contribution in [0.2, 0.25) is 0 Å². The Balaban J connectivity index is 1.80. The number of rotatable bonds is 6. The fourth-order valence-electron chi connectivity index (χ4n) is 2.65. The van der Waals surface area contributed by atoms with Gasteiger partial charge in [0.25, 0.3) is 0 Å². The normalized spacial score (nSPS) is 24.4. The Morgan fingerprint density at radius 2 is 1.85 bits per heavy atom. The number of ether oxygens (including phenoxy) is 3. The fourth-order valence-corrected chi connectivity index (χ4v) is 2.65. The summed E-state index contributed by atoms with van der Waals surface area (Å²) in [6, 6.07) is 7.74. The van der Waals surface area contributed by atoms with Gasteiger partial charge in [0.2, 0.25) is 0 Å². The molecule has 4 nitrogen and oxygen atoms in total. The number of benzene rings is 1. The SMILES string of the molecule is COc1ccc(C(N)COC2CCCC(OC)C2)cc1. The molecule has 0 saturated heterocycles. The van der Waals surface area contributed by atoms with Crippen LogP contribution in [0.25, 0.3) is 0 Å². The van der Waals surface area contributed by atoms with E-state index in [1.807, 2.05) is 24.3 Å². The Hall–Kier alpha value is -1.10. The summed E-state index contributed by atoms with van der Waals surface area (Å²) in [7, 11) is 3.43. The van der Waals surface area contributed by atoms with E-state index in [0.717, 1.165) is 30.6 Å². The number of methoxy groups -OCH3 is 2. The zero-order valence-corrected chi connectivity index (χ0v) is 12.4. The summed E-state index contributed by atoms with van der Waals surface area (Å²) in [6.07, 6.45) is 5.01. The summed E-state index contributed by atoms with van der Waals surface area (Å²) < 4.78 is 16.5. The summed E-state index contributed by atoms with van der Waals surface area (Å²) in [5.74, 6) is 0.845. The van der Waals surface area contributed by atoms with Gasteiger partial charge in [0.05, 0.1) is 32.0 Å². The van der Waals surface area contributed by atoms with Crippen molar-refractivity contribution >= 4 is 0 Å². The smallest absolute Gasteiger partial charge is 0.118 e. The summed E-state index contributed by atoms with van der Waals surface area (Å²) in [5, 5.41) is 0. The standard InChI is InChI=1S/C16H25NO3/c1-18-13-8-6-12(7-9-13)16(17)11-20-15-5-3-4-14(10-15)19-2/h6-9,14-16H,3-5,10-11,17H2,1-2H3. The lowest BCUT2D eigenvalue weighted by Crippen LogP contribution is -2.30. The van der Waals surface area contributed by atoms with Crippen molar-refractivity contribution in [2.75, 3.05) is 20.8 Å². The monoisotopic (exact) mass is 279 g/mol. The maximum Gasteiger partial charge on any atom is 0.118 e. The van der Waals surface area contributed by atoms with Gasteiger partial charge in [0.1, 0.15) is 5.75 Å². The molecule has 4 heteroatoms. The highest BCUT2D eigenvalue weighted by atomic mass is 16.5. The van der Waals surface area contributed by atoms with Gasteiger partial charge in [-0.3, -0.25) is 0 Å². The molecule has 3 atom stereocenters. The lowest BCUT2D eigenvalue weighted by atomic mass is 9.95. The molecule has 0 heterocycles. The quantitative estimate of drug-likeness (QED) is 0.870. The van der Waals surface area contributed by atoms with Gasteiger partial charge in [-0.25, -0.2) is 0 Å². The summed E-state index contributed by atoms with van der Waals surface area (Å²) in [6.45, 7) is 0.549. The lowest BCUT2D eigenvalue weighted by molar-refractivity contribution is -0.0332. The van der Waals surface area contributed by atoms with E-state index < -0.39 is 0 Å². The van der Waals surface area contributed by atoms with Crippen LogP contribution in [0.15, 0.2) is 24.3 Å². The topological polar surface area (TPSA) is 53.7 Å². The molecule has 0 amide bonds. The maximum absolute atomic E-state index is 6.17. The first-order valence-electron chi connectivity index (χ1n) is 7.27. The molecule has 1 aromatic carbocycles. The van der Waals surface area contributed by atoms with Crippen LogP contribution < -0.4 is 10.5 Å². The molecular formula is C16H25NO3. The Kier molecular flexibility index (Phi) is 5.83. The molecule has 0 aromatic heterocycles. The van der Waals surface area contributed by atoms with Crippen LogP contribution >= 0.6 is 0 Å². The van der Waals surface area contributed by atoms with E-state index in [0.29, 0.717) is 12.7 Å². The predicted octanol–water partition coefficient (Wildman–Crippen LogP) is 2.67. The first-order chi connectivity index (χ1) is 9.72. The molecule has 2 rings (SSSR count). The van der Waals surface area contributed by atoms with Gasteiger partial charge < -0.3 is 19.9 Å². The zero-order chi connectivity index (χ0) is 14.4. The average Bonchev–Trinajstić information content (AvgIpc) is 2.53. The molecule has 1 aliphatic carbocycles. The minimum absolute atomic E-state index is 0.0937. The predicted molar refractivity (Wildman–Crippen MR) is 78.9 cm³/mol. The van der Waals surface area contributed by atoms with Gasteiger partial charge in [0.15, 0.2) is 0 Å². The molecule has 1 saturated carbocycles. The average molecular weight is 279 g/mol. The highest BCUT2D eigenvalue weighted by molar-refractivity contribution is 5.28. The molecule has 20 heavy (non-hydrogen) atoms.